The van der Waals surface area contributed by atoms with Crippen molar-refractivity contribution in [2.75, 3.05) is 5.88 Å². The second kappa shape index (κ2) is 4.53. The van der Waals surface area contributed by atoms with Gasteiger partial charge in [0.25, 0.3) is 0 Å². The first-order valence-corrected chi connectivity index (χ1v) is 4.74. The second-order valence-corrected chi connectivity index (χ2v) is 3.46. The van der Waals surface area contributed by atoms with E-state index in [4.69, 9.17) is 28.3 Å². The summed E-state index contributed by atoms with van der Waals surface area (Å²) in [5, 5.41) is 18.6. The van der Waals surface area contributed by atoms with Crippen LogP contribution in [0.15, 0.2) is 12.1 Å². The predicted octanol–water partition coefficient (Wildman–Crippen LogP) is 2.10. The molecule has 1 aromatic carbocycles. The van der Waals surface area contributed by atoms with Crippen LogP contribution >= 0.6 is 23.2 Å². The van der Waals surface area contributed by atoms with Gasteiger partial charge in [0.1, 0.15) is 11.5 Å². The topological polar surface area (TPSA) is 57.5 Å². The summed E-state index contributed by atoms with van der Waals surface area (Å²) in [6, 6.07) is 2.44. The first kappa shape index (κ1) is 11.1. The fraction of sp³-hybridized carbons (Fsp3) is 0.222. The van der Waals surface area contributed by atoms with Gasteiger partial charge in [-0.15, -0.1) is 11.6 Å². The largest absolute Gasteiger partial charge is 0.508 e. The molecule has 0 unspecified atom stereocenters. The van der Waals surface area contributed by atoms with Gasteiger partial charge >= 0.3 is 0 Å². The highest BCUT2D eigenvalue weighted by molar-refractivity contribution is 6.32. The maximum atomic E-state index is 11.0. The lowest BCUT2D eigenvalue weighted by molar-refractivity contribution is -0.116. The lowest BCUT2D eigenvalue weighted by Crippen LogP contribution is -2.03. The quantitative estimate of drug-likeness (QED) is 0.788. The van der Waals surface area contributed by atoms with Crippen molar-refractivity contribution in [2.45, 2.75) is 6.42 Å². The average molecular weight is 235 g/mol. The number of phenolic OH excluding ortho intramolecular Hbond substituents is 2. The van der Waals surface area contributed by atoms with Crippen molar-refractivity contribution < 1.29 is 15.0 Å². The van der Waals surface area contributed by atoms with E-state index in [1.165, 1.54) is 6.07 Å². The van der Waals surface area contributed by atoms with E-state index in [1.807, 2.05) is 0 Å². The number of carbonyl (C=O) groups is 1. The number of carbonyl (C=O) groups excluding carboxylic acids is 1. The molecule has 0 spiro atoms. The van der Waals surface area contributed by atoms with Crippen molar-refractivity contribution in [3.8, 4) is 11.5 Å². The molecule has 0 fully saturated rings. The van der Waals surface area contributed by atoms with E-state index in [0.29, 0.717) is 5.56 Å². The SMILES string of the molecule is O=C(CCl)Cc1cc(Cl)c(O)cc1O. The van der Waals surface area contributed by atoms with Gasteiger partial charge in [-0.05, 0) is 6.07 Å². The summed E-state index contributed by atoms with van der Waals surface area (Å²) in [5.41, 5.74) is 0.360. The minimum absolute atomic E-state index is 0.00926. The molecule has 0 aliphatic carbocycles. The van der Waals surface area contributed by atoms with Gasteiger partial charge in [0, 0.05) is 18.1 Å². The third kappa shape index (κ3) is 2.53. The first-order chi connectivity index (χ1) is 6.54. The van der Waals surface area contributed by atoms with Gasteiger partial charge in [0.15, 0.2) is 5.78 Å². The number of benzene rings is 1. The molecule has 0 amide bonds. The van der Waals surface area contributed by atoms with E-state index in [9.17, 15) is 9.90 Å². The molecule has 0 bridgehead atoms. The van der Waals surface area contributed by atoms with Crippen molar-refractivity contribution in [1.82, 2.24) is 0 Å². The molecule has 2 N–H and O–H groups in total. The molecule has 0 aromatic heterocycles. The monoisotopic (exact) mass is 234 g/mol. The Morgan fingerprint density at radius 2 is 1.93 bits per heavy atom. The number of hydrogen-bond donors (Lipinski definition) is 2. The fourth-order valence-electron chi connectivity index (χ4n) is 0.993. The second-order valence-electron chi connectivity index (χ2n) is 2.78. The van der Waals surface area contributed by atoms with E-state index in [0.717, 1.165) is 6.07 Å². The lowest BCUT2D eigenvalue weighted by Gasteiger charge is -2.04. The molecule has 5 heteroatoms. The lowest BCUT2D eigenvalue weighted by atomic mass is 10.1. The van der Waals surface area contributed by atoms with Gasteiger partial charge < -0.3 is 10.2 Å². The van der Waals surface area contributed by atoms with Crippen LogP contribution in [0.1, 0.15) is 5.56 Å². The number of aromatic hydroxyl groups is 2. The van der Waals surface area contributed by atoms with Crippen LogP contribution in [-0.2, 0) is 11.2 Å². The van der Waals surface area contributed by atoms with E-state index < -0.39 is 0 Å². The molecule has 0 saturated heterocycles. The van der Waals surface area contributed by atoms with Crippen LogP contribution in [0.2, 0.25) is 5.02 Å². The van der Waals surface area contributed by atoms with Crippen molar-refractivity contribution in [3.63, 3.8) is 0 Å². The van der Waals surface area contributed by atoms with Crippen molar-refractivity contribution >= 4 is 29.0 Å². The zero-order valence-corrected chi connectivity index (χ0v) is 8.64. The number of halogens is 2. The maximum absolute atomic E-state index is 11.0. The standard InChI is InChI=1S/C9H8Cl2O3/c10-4-6(12)1-5-2-7(11)9(14)3-8(5)13/h2-3,13-14H,1,4H2. The number of phenols is 2. The molecule has 0 aliphatic rings. The Balaban J connectivity index is 2.98. The summed E-state index contributed by atoms with van der Waals surface area (Å²) < 4.78 is 0. The first-order valence-electron chi connectivity index (χ1n) is 3.82. The number of Topliss-reactive ketones (excluding diaryl/α,β-unsaturated/α-hetero) is 1. The van der Waals surface area contributed by atoms with Crippen LogP contribution in [0, 0.1) is 0 Å². The summed E-state index contributed by atoms with van der Waals surface area (Å²) in [7, 11) is 0. The minimum atomic E-state index is -0.219. The van der Waals surface area contributed by atoms with E-state index in [-0.39, 0.29) is 34.6 Å². The Kier molecular flexibility index (Phi) is 3.61. The molecule has 14 heavy (non-hydrogen) atoms. The molecule has 1 rings (SSSR count). The molecule has 0 saturated carbocycles. The number of rotatable bonds is 3. The van der Waals surface area contributed by atoms with E-state index in [2.05, 4.69) is 0 Å². The summed E-state index contributed by atoms with van der Waals surface area (Å²) in [4.78, 5) is 11.0. The average Bonchev–Trinajstić information content (AvgIpc) is 2.14. The Bertz CT molecular complexity index is 363. The van der Waals surface area contributed by atoms with Gasteiger partial charge in [-0.1, -0.05) is 11.6 Å². The third-order valence-electron chi connectivity index (χ3n) is 1.68. The highest BCUT2D eigenvalue weighted by Gasteiger charge is 2.10. The van der Waals surface area contributed by atoms with E-state index >= 15 is 0 Å². The van der Waals surface area contributed by atoms with Crippen molar-refractivity contribution in [1.29, 1.82) is 0 Å². The molecular weight excluding hydrogens is 227 g/mol. The molecule has 0 radical (unpaired) electrons. The summed E-state index contributed by atoms with van der Waals surface area (Å²) in [5.74, 6) is -0.710. The smallest absolute Gasteiger partial charge is 0.152 e. The molecule has 1 aromatic rings. The number of hydrogen-bond acceptors (Lipinski definition) is 3. The van der Waals surface area contributed by atoms with E-state index in [1.54, 1.807) is 0 Å². The normalized spacial score (nSPS) is 10.1. The van der Waals surface area contributed by atoms with Gasteiger partial charge in [0.05, 0.1) is 10.9 Å². The fourth-order valence-corrected chi connectivity index (χ4v) is 1.27. The van der Waals surface area contributed by atoms with Gasteiger partial charge in [0.2, 0.25) is 0 Å². The van der Waals surface area contributed by atoms with Crippen molar-refractivity contribution in [3.05, 3.63) is 22.7 Å². The van der Waals surface area contributed by atoms with Crippen LogP contribution in [0.4, 0.5) is 0 Å². The molecule has 0 atom stereocenters. The molecule has 3 nitrogen and oxygen atoms in total. The molecule has 0 heterocycles. The third-order valence-corrected chi connectivity index (χ3v) is 2.29. The maximum Gasteiger partial charge on any atom is 0.152 e. The van der Waals surface area contributed by atoms with Crippen LogP contribution in [0.5, 0.6) is 11.5 Å². The predicted molar refractivity (Wildman–Crippen MR) is 54.2 cm³/mol. The number of alkyl halides is 1. The Labute approximate surface area is 90.9 Å². The highest BCUT2D eigenvalue weighted by atomic mass is 35.5. The van der Waals surface area contributed by atoms with Crippen LogP contribution < -0.4 is 0 Å². The molecule has 0 aliphatic heterocycles. The summed E-state index contributed by atoms with van der Waals surface area (Å²) in [6.07, 6.45) is 0.00926. The highest BCUT2D eigenvalue weighted by Crippen LogP contribution is 2.31. The van der Waals surface area contributed by atoms with Gasteiger partial charge in [-0.2, -0.15) is 0 Å². The van der Waals surface area contributed by atoms with Crippen LogP contribution in [0.25, 0.3) is 0 Å². The Morgan fingerprint density at radius 1 is 1.29 bits per heavy atom. The van der Waals surface area contributed by atoms with Crippen LogP contribution in [-0.4, -0.2) is 21.9 Å². The Morgan fingerprint density at radius 3 is 2.50 bits per heavy atom. The van der Waals surface area contributed by atoms with Gasteiger partial charge in [-0.3, -0.25) is 4.79 Å². The molecule has 76 valence electrons. The zero-order chi connectivity index (χ0) is 10.7. The number of ketones is 1. The summed E-state index contributed by atoms with van der Waals surface area (Å²) in [6.45, 7) is 0. The Hall–Kier alpha value is -0.930. The molecular formula is C9H8Cl2O3. The minimum Gasteiger partial charge on any atom is -0.508 e. The van der Waals surface area contributed by atoms with Crippen molar-refractivity contribution in [2.24, 2.45) is 0 Å². The van der Waals surface area contributed by atoms with Crippen LogP contribution in [0.3, 0.4) is 0 Å². The summed E-state index contributed by atoms with van der Waals surface area (Å²) >= 11 is 10.9. The zero-order valence-electron chi connectivity index (χ0n) is 7.13. The van der Waals surface area contributed by atoms with Gasteiger partial charge in [-0.25, -0.2) is 0 Å².